The summed E-state index contributed by atoms with van der Waals surface area (Å²) in [4.78, 5) is 0. The van der Waals surface area contributed by atoms with Crippen LogP contribution in [0.4, 0.5) is 15.8 Å². The van der Waals surface area contributed by atoms with Crippen LogP contribution < -0.4 is 11.1 Å². The Morgan fingerprint density at radius 2 is 2.12 bits per heavy atom. The van der Waals surface area contributed by atoms with Crippen LogP contribution in [0.3, 0.4) is 0 Å². The van der Waals surface area contributed by atoms with E-state index in [1.807, 2.05) is 0 Å². The second-order valence-corrected chi connectivity index (χ2v) is 6.08. The molecule has 0 fully saturated rings. The van der Waals surface area contributed by atoms with Gasteiger partial charge in [-0.2, -0.15) is 0 Å². The van der Waals surface area contributed by atoms with Crippen LogP contribution in [0.15, 0.2) is 12.1 Å². The van der Waals surface area contributed by atoms with E-state index in [0.29, 0.717) is 5.69 Å². The Kier molecular flexibility index (Phi) is 3.98. The van der Waals surface area contributed by atoms with Crippen LogP contribution in [0.2, 0.25) is 5.02 Å². The number of nitrogens with two attached hydrogens (primary N) is 1. The zero-order valence-corrected chi connectivity index (χ0v) is 10.2. The number of anilines is 2. The molecule has 0 unspecified atom stereocenters. The summed E-state index contributed by atoms with van der Waals surface area (Å²) in [5.41, 5.74) is 6.19. The van der Waals surface area contributed by atoms with Crippen LogP contribution in [-0.4, -0.2) is 27.0 Å². The first-order valence-electron chi connectivity index (χ1n) is 4.46. The predicted octanol–water partition coefficient (Wildman–Crippen LogP) is 1.52. The fourth-order valence-electron chi connectivity index (χ4n) is 1.09. The van der Waals surface area contributed by atoms with Gasteiger partial charge in [-0.3, -0.25) is 0 Å². The van der Waals surface area contributed by atoms with Gasteiger partial charge in [-0.25, -0.2) is 12.8 Å². The molecule has 90 valence electrons. The van der Waals surface area contributed by atoms with E-state index in [-0.39, 0.29) is 23.0 Å². The lowest BCUT2D eigenvalue weighted by Gasteiger charge is -2.09. The summed E-state index contributed by atoms with van der Waals surface area (Å²) in [5.74, 6) is -0.644. The van der Waals surface area contributed by atoms with Gasteiger partial charge in [0.1, 0.15) is 15.7 Å². The highest BCUT2D eigenvalue weighted by Gasteiger charge is 2.07. The first-order valence-corrected chi connectivity index (χ1v) is 6.89. The molecule has 16 heavy (non-hydrogen) atoms. The normalized spacial score (nSPS) is 11.4. The minimum atomic E-state index is -3.05. The number of hydrogen-bond donors (Lipinski definition) is 2. The highest BCUT2D eigenvalue weighted by atomic mass is 35.5. The summed E-state index contributed by atoms with van der Waals surface area (Å²) in [6.45, 7) is 0.171. The van der Waals surface area contributed by atoms with Crippen molar-refractivity contribution in [1.29, 1.82) is 0 Å². The Bertz CT molecular complexity index is 491. The maximum Gasteiger partial charge on any atom is 0.149 e. The van der Waals surface area contributed by atoms with Gasteiger partial charge in [0.15, 0.2) is 0 Å². The van der Waals surface area contributed by atoms with Gasteiger partial charge >= 0.3 is 0 Å². The summed E-state index contributed by atoms with van der Waals surface area (Å²) >= 11 is 5.51. The zero-order chi connectivity index (χ0) is 12.3. The molecule has 1 aromatic carbocycles. The number of nitrogen functional groups attached to an aromatic ring is 1. The molecule has 0 saturated carbocycles. The Hall–Kier alpha value is -1.01. The first kappa shape index (κ1) is 13.1. The van der Waals surface area contributed by atoms with Crippen molar-refractivity contribution >= 4 is 32.8 Å². The molecular weight excluding hydrogens is 255 g/mol. The van der Waals surface area contributed by atoms with E-state index in [2.05, 4.69) is 5.32 Å². The fraction of sp³-hybridized carbons (Fsp3) is 0.333. The number of hydrogen-bond acceptors (Lipinski definition) is 4. The van der Waals surface area contributed by atoms with E-state index >= 15 is 0 Å². The van der Waals surface area contributed by atoms with Crippen LogP contribution in [0.1, 0.15) is 0 Å². The van der Waals surface area contributed by atoms with E-state index in [4.69, 9.17) is 17.3 Å². The molecule has 7 heteroatoms. The summed E-state index contributed by atoms with van der Waals surface area (Å²) in [6, 6.07) is 2.42. The Morgan fingerprint density at radius 1 is 1.50 bits per heavy atom. The van der Waals surface area contributed by atoms with Gasteiger partial charge in [0, 0.05) is 18.9 Å². The lowest BCUT2D eigenvalue weighted by Crippen LogP contribution is -2.15. The van der Waals surface area contributed by atoms with Crippen LogP contribution in [0, 0.1) is 5.82 Å². The van der Waals surface area contributed by atoms with Gasteiger partial charge in [0.05, 0.1) is 22.2 Å². The van der Waals surface area contributed by atoms with E-state index in [1.54, 1.807) is 0 Å². The zero-order valence-electron chi connectivity index (χ0n) is 8.63. The molecule has 0 heterocycles. The summed E-state index contributed by atoms with van der Waals surface area (Å²) < 4.78 is 34.8. The lowest BCUT2D eigenvalue weighted by molar-refractivity contribution is 0.602. The molecular formula is C9H12ClFN2O2S. The summed E-state index contributed by atoms with van der Waals surface area (Å²) in [7, 11) is -3.05. The largest absolute Gasteiger partial charge is 0.397 e. The van der Waals surface area contributed by atoms with Crippen LogP contribution in [0.5, 0.6) is 0 Å². The molecule has 0 radical (unpaired) electrons. The molecule has 3 N–H and O–H groups in total. The number of halogens is 2. The number of nitrogens with one attached hydrogen (secondary N) is 1. The Balaban J connectivity index is 2.71. The standard InChI is InChI=1S/C9H12ClFN2O2S/c1-16(14,15)3-2-13-9-5-7(11)6(10)4-8(9)12/h4-5,13H,2-3,12H2,1H3. The predicted molar refractivity (Wildman–Crippen MR) is 64.0 cm³/mol. The van der Waals surface area contributed by atoms with E-state index in [1.165, 1.54) is 6.07 Å². The third-order valence-electron chi connectivity index (χ3n) is 1.88. The molecule has 0 aromatic heterocycles. The maximum absolute atomic E-state index is 13.1. The van der Waals surface area contributed by atoms with E-state index in [9.17, 15) is 12.8 Å². The smallest absolute Gasteiger partial charge is 0.149 e. The van der Waals surface area contributed by atoms with Crippen molar-refractivity contribution in [2.75, 3.05) is 29.6 Å². The molecule has 1 rings (SSSR count). The highest BCUT2D eigenvalue weighted by Crippen LogP contribution is 2.25. The van der Waals surface area contributed by atoms with Gasteiger partial charge in [0.25, 0.3) is 0 Å². The molecule has 1 aromatic rings. The molecule has 0 aliphatic heterocycles. The van der Waals surface area contributed by atoms with Crippen LogP contribution in [0.25, 0.3) is 0 Å². The number of benzene rings is 1. The SMILES string of the molecule is CS(=O)(=O)CCNc1cc(F)c(Cl)cc1N. The van der Waals surface area contributed by atoms with Gasteiger partial charge in [-0.05, 0) is 6.07 Å². The minimum Gasteiger partial charge on any atom is -0.397 e. The van der Waals surface area contributed by atoms with Crippen molar-refractivity contribution < 1.29 is 12.8 Å². The molecule has 0 atom stereocenters. The third kappa shape index (κ3) is 3.86. The average Bonchev–Trinajstić information content (AvgIpc) is 2.11. The first-order chi connectivity index (χ1) is 7.29. The second-order valence-electron chi connectivity index (χ2n) is 3.41. The topological polar surface area (TPSA) is 72.2 Å². The van der Waals surface area contributed by atoms with Crippen molar-refractivity contribution in [3.05, 3.63) is 23.0 Å². The van der Waals surface area contributed by atoms with Gasteiger partial charge in [-0.15, -0.1) is 0 Å². The van der Waals surface area contributed by atoms with Crippen molar-refractivity contribution in [3.8, 4) is 0 Å². The van der Waals surface area contributed by atoms with Crippen molar-refractivity contribution in [1.82, 2.24) is 0 Å². The number of rotatable bonds is 4. The summed E-state index contributed by atoms with van der Waals surface area (Å²) in [6.07, 6.45) is 1.13. The molecule has 0 saturated heterocycles. The molecule has 4 nitrogen and oxygen atoms in total. The van der Waals surface area contributed by atoms with Gasteiger partial charge < -0.3 is 11.1 Å². The van der Waals surface area contributed by atoms with Gasteiger partial charge in [0.2, 0.25) is 0 Å². The maximum atomic E-state index is 13.1. The van der Waals surface area contributed by atoms with Gasteiger partial charge in [-0.1, -0.05) is 11.6 Å². The average molecular weight is 267 g/mol. The molecule has 0 bridgehead atoms. The molecule has 0 spiro atoms. The van der Waals surface area contributed by atoms with Crippen molar-refractivity contribution in [3.63, 3.8) is 0 Å². The quantitative estimate of drug-likeness (QED) is 0.811. The third-order valence-corrected chi connectivity index (χ3v) is 3.12. The minimum absolute atomic E-state index is 0.0450. The highest BCUT2D eigenvalue weighted by molar-refractivity contribution is 7.90. The summed E-state index contributed by atoms with van der Waals surface area (Å²) in [5, 5.41) is 2.67. The van der Waals surface area contributed by atoms with E-state index in [0.717, 1.165) is 12.3 Å². The number of sulfone groups is 1. The van der Waals surface area contributed by atoms with Crippen LogP contribution in [-0.2, 0) is 9.84 Å². The van der Waals surface area contributed by atoms with Crippen molar-refractivity contribution in [2.45, 2.75) is 0 Å². The Morgan fingerprint density at radius 3 is 2.69 bits per heavy atom. The fourth-order valence-corrected chi connectivity index (χ4v) is 1.73. The molecule has 0 aliphatic rings. The van der Waals surface area contributed by atoms with Crippen LogP contribution >= 0.6 is 11.6 Å². The van der Waals surface area contributed by atoms with E-state index < -0.39 is 15.7 Å². The lowest BCUT2D eigenvalue weighted by atomic mass is 10.2. The molecule has 0 aliphatic carbocycles. The monoisotopic (exact) mass is 266 g/mol. The second kappa shape index (κ2) is 4.88. The molecule has 0 amide bonds. The Labute approximate surface area is 98.5 Å². The van der Waals surface area contributed by atoms with Crippen molar-refractivity contribution in [2.24, 2.45) is 0 Å².